The Kier molecular flexibility index (Phi) is 4.07. The zero-order chi connectivity index (χ0) is 13.1. The molecule has 0 bridgehead atoms. The summed E-state index contributed by atoms with van der Waals surface area (Å²) in [5, 5.41) is 4.63. The molecule has 0 unspecified atom stereocenters. The van der Waals surface area contributed by atoms with E-state index in [0.717, 1.165) is 34.4 Å². The van der Waals surface area contributed by atoms with Crippen molar-refractivity contribution in [2.75, 3.05) is 5.73 Å². The quantitative estimate of drug-likeness (QED) is 0.917. The number of nitrogens with zero attached hydrogens (tertiary/aromatic N) is 2. The van der Waals surface area contributed by atoms with E-state index in [4.69, 9.17) is 5.73 Å². The summed E-state index contributed by atoms with van der Waals surface area (Å²) in [6, 6.07) is 10.5. The molecule has 0 atom stereocenters. The van der Waals surface area contributed by atoms with Crippen LogP contribution in [0.15, 0.2) is 34.8 Å². The van der Waals surface area contributed by atoms with Crippen molar-refractivity contribution in [3.63, 3.8) is 0 Å². The lowest BCUT2D eigenvalue weighted by atomic mass is 10.1. The molecule has 2 aromatic rings. The summed E-state index contributed by atoms with van der Waals surface area (Å²) in [7, 11) is 0. The third-order valence-corrected chi connectivity index (χ3v) is 3.72. The first-order valence-electron chi connectivity index (χ1n) is 6.26. The summed E-state index contributed by atoms with van der Waals surface area (Å²) in [4.78, 5) is 0. The zero-order valence-corrected chi connectivity index (χ0v) is 12.3. The molecular weight excluding hydrogens is 290 g/mol. The molecule has 0 fully saturated rings. The molecule has 96 valence electrons. The van der Waals surface area contributed by atoms with Gasteiger partial charge in [0.25, 0.3) is 0 Å². The maximum atomic E-state index is 6.05. The van der Waals surface area contributed by atoms with E-state index < -0.39 is 0 Å². The van der Waals surface area contributed by atoms with Gasteiger partial charge in [-0.15, -0.1) is 0 Å². The van der Waals surface area contributed by atoms with Crippen LogP contribution in [0.3, 0.4) is 0 Å². The van der Waals surface area contributed by atoms with Gasteiger partial charge in [0, 0.05) is 16.1 Å². The largest absolute Gasteiger partial charge is 0.384 e. The molecule has 0 aliphatic carbocycles. The van der Waals surface area contributed by atoms with Crippen LogP contribution in [0.1, 0.15) is 32.7 Å². The maximum absolute atomic E-state index is 6.05. The van der Waals surface area contributed by atoms with Crippen LogP contribution in [0.4, 0.5) is 5.82 Å². The summed E-state index contributed by atoms with van der Waals surface area (Å²) in [5.74, 6) is 0.738. The number of benzene rings is 1. The highest BCUT2D eigenvalue weighted by Gasteiger charge is 2.13. The van der Waals surface area contributed by atoms with E-state index in [1.165, 1.54) is 0 Å². The van der Waals surface area contributed by atoms with Crippen LogP contribution < -0.4 is 5.73 Å². The van der Waals surface area contributed by atoms with Gasteiger partial charge in [-0.2, -0.15) is 5.10 Å². The fourth-order valence-electron chi connectivity index (χ4n) is 2.10. The van der Waals surface area contributed by atoms with Gasteiger partial charge in [0.05, 0.1) is 11.7 Å². The highest BCUT2D eigenvalue weighted by molar-refractivity contribution is 9.10. The van der Waals surface area contributed by atoms with Crippen LogP contribution in [0, 0.1) is 0 Å². The molecule has 0 amide bonds. The minimum atomic E-state index is 0.384. The van der Waals surface area contributed by atoms with Crippen LogP contribution in [-0.4, -0.2) is 9.78 Å². The molecule has 2 N–H and O–H groups in total. The van der Waals surface area contributed by atoms with Crippen molar-refractivity contribution in [1.29, 1.82) is 0 Å². The van der Waals surface area contributed by atoms with Gasteiger partial charge in [0.1, 0.15) is 5.82 Å². The summed E-state index contributed by atoms with van der Waals surface area (Å²) in [5.41, 5.74) is 8.08. The van der Waals surface area contributed by atoms with Gasteiger partial charge in [0.15, 0.2) is 0 Å². The fraction of sp³-hybridized carbons (Fsp3) is 0.357. The number of halogens is 1. The first-order chi connectivity index (χ1) is 8.65. The van der Waals surface area contributed by atoms with Crippen molar-refractivity contribution in [3.8, 4) is 11.3 Å². The predicted molar refractivity (Wildman–Crippen MR) is 79.4 cm³/mol. The smallest absolute Gasteiger partial charge is 0.122 e. The molecule has 0 saturated heterocycles. The average molecular weight is 308 g/mol. The van der Waals surface area contributed by atoms with E-state index in [0.29, 0.717) is 6.04 Å². The van der Waals surface area contributed by atoms with Crippen LogP contribution in [0.5, 0.6) is 0 Å². The summed E-state index contributed by atoms with van der Waals surface area (Å²) < 4.78 is 3.01. The number of hydrogen-bond acceptors (Lipinski definition) is 2. The Labute approximate surface area is 116 Å². The Morgan fingerprint density at radius 1 is 1.22 bits per heavy atom. The van der Waals surface area contributed by atoms with E-state index in [9.17, 15) is 0 Å². The van der Waals surface area contributed by atoms with Gasteiger partial charge in [-0.25, -0.2) is 4.68 Å². The molecule has 3 nitrogen and oxygen atoms in total. The van der Waals surface area contributed by atoms with Gasteiger partial charge in [-0.1, -0.05) is 41.9 Å². The van der Waals surface area contributed by atoms with Gasteiger partial charge >= 0.3 is 0 Å². The van der Waals surface area contributed by atoms with E-state index in [-0.39, 0.29) is 0 Å². The van der Waals surface area contributed by atoms with Crippen LogP contribution in [0.2, 0.25) is 0 Å². The Morgan fingerprint density at radius 2 is 1.83 bits per heavy atom. The van der Waals surface area contributed by atoms with Gasteiger partial charge < -0.3 is 5.73 Å². The standard InChI is InChI=1S/C14H18BrN3/c1-3-12(4-2)18-14(16)9-13(17-18)10-5-7-11(15)8-6-10/h5-9,12H,3-4,16H2,1-2H3. The van der Waals surface area contributed by atoms with Crippen molar-refractivity contribution in [1.82, 2.24) is 9.78 Å². The topological polar surface area (TPSA) is 43.8 Å². The molecule has 1 heterocycles. The van der Waals surface area contributed by atoms with Crippen LogP contribution >= 0.6 is 15.9 Å². The predicted octanol–water partition coefficient (Wildman–Crippen LogP) is 4.26. The minimum absolute atomic E-state index is 0.384. The third-order valence-electron chi connectivity index (χ3n) is 3.19. The van der Waals surface area contributed by atoms with Crippen molar-refractivity contribution in [2.45, 2.75) is 32.7 Å². The van der Waals surface area contributed by atoms with Crippen molar-refractivity contribution in [2.24, 2.45) is 0 Å². The number of nitrogen functional groups attached to an aromatic ring is 1. The Balaban J connectivity index is 2.36. The molecule has 2 rings (SSSR count). The van der Waals surface area contributed by atoms with Crippen molar-refractivity contribution < 1.29 is 0 Å². The summed E-state index contributed by atoms with van der Waals surface area (Å²) in [6.45, 7) is 4.32. The van der Waals surface area contributed by atoms with E-state index in [2.05, 4.69) is 34.9 Å². The SMILES string of the molecule is CCC(CC)n1nc(-c2ccc(Br)cc2)cc1N. The second-order valence-electron chi connectivity index (χ2n) is 4.38. The summed E-state index contributed by atoms with van der Waals surface area (Å²) in [6.07, 6.45) is 2.09. The lowest BCUT2D eigenvalue weighted by molar-refractivity contribution is 0.435. The van der Waals surface area contributed by atoms with E-state index in [1.54, 1.807) is 0 Å². The monoisotopic (exact) mass is 307 g/mol. The molecule has 0 spiro atoms. The molecule has 0 aliphatic heterocycles. The van der Waals surface area contributed by atoms with Gasteiger partial charge in [0.2, 0.25) is 0 Å². The molecule has 0 aliphatic rings. The molecule has 0 saturated carbocycles. The maximum Gasteiger partial charge on any atom is 0.122 e. The highest BCUT2D eigenvalue weighted by atomic mass is 79.9. The number of rotatable bonds is 4. The first kappa shape index (κ1) is 13.1. The zero-order valence-electron chi connectivity index (χ0n) is 10.7. The van der Waals surface area contributed by atoms with Crippen LogP contribution in [-0.2, 0) is 0 Å². The Hall–Kier alpha value is -1.29. The summed E-state index contributed by atoms with van der Waals surface area (Å²) >= 11 is 3.43. The highest BCUT2D eigenvalue weighted by Crippen LogP contribution is 2.26. The van der Waals surface area contributed by atoms with E-state index in [1.807, 2.05) is 35.0 Å². The lowest BCUT2D eigenvalue weighted by Gasteiger charge is -2.14. The average Bonchev–Trinajstić information content (AvgIpc) is 2.74. The number of aromatic nitrogens is 2. The second-order valence-corrected chi connectivity index (χ2v) is 5.29. The number of anilines is 1. The first-order valence-corrected chi connectivity index (χ1v) is 7.06. The normalized spacial score (nSPS) is 11.1. The molecule has 1 aromatic carbocycles. The minimum Gasteiger partial charge on any atom is -0.384 e. The van der Waals surface area contributed by atoms with Crippen molar-refractivity contribution >= 4 is 21.7 Å². The third kappa shape index (κ3) is 2.58. The van der Waals surface area contributed by atoms with E-state index >= 15 is 0 Å². The second kappa shape index (κ2) is 5.57. The molecule has 0 radical (unpaired) electrons. The molecular formula is C14H18BrN3. The fourth-order valence-corrected chi connectivity index (χ4v) is 2.36. The Bertz CT molecular complexity index is 512. The van der Waals surface area contributed by atoms with Crippen molar-refractivity contribution in [3.05, 3.63) is 34.8 Å². The molecule has 4 heteroatoms. The number of hydrogen-bond donors (Lipinski definition) is 1. The van der Waals surface area contributed by atoms with Gasteiger partial charge in [-0.3, -0.25) is 0 Å². The van der Waals surface area contributed by atoms with Gasteiger partial charge in [-0.05, 0) is 25.0 Å². The Morgan fingerprint density at radius 3 is 2.39 bits per heavy atom. The molecule has 1 aromatic heterocycles. The lowest BCUT2D eigenvalue weighted by Crippen LogP contribution is -2.11. The van der Waals surface area contributed by atoms with Crippen LogP contribution in [0.25, 0.3) is 11.3 Å². The molecule has 18 heavy (non-hydrogen) atoms. The number of nitrogens with two attached hydrogens (primary N) is 1.